The second-order valence-electron chi connectivity index (χ2n) is 15.5. The average molecular weight is 752 g/mol. The Hall–Kier alpha value is -6.75. The minimum absolute atomic E-state index is 0.00144. The third kappa shape index (κ3) is 4.74. The lowest BCUT2D eigenvalue weighted by molar-refractivity contribution is 0.474. The van der Waals surface area contributed by atoms with Crippen molar-refractivity contribution >= 4 is 66.7 Å². The van der Waals surface area contributed by atoms with Crippen LogP contribution in [0.3, 0.4) is 0 Å². The lowest BCUT2D eigenvalue weighted by Gasteiger charge is -2.33. The van der Waals surface area contributed by atoms with Crippen molar-refractivity contribution in [2.75, 3.05) is 4.90 Å². The summed E-state index contributed by atoms with van der Waals surface area (Å²) in [5.74, 6) is 1.54. The molecule has 12 rings (SSSR count). The van der Waals surface area contributed by atoms with Crippen LogP contribution in [-0.4, -0.2) is 9.97 Å². The van der Waals surface area contributed by atoms with Crippen LogP contribution in [0.15, 0.2) is 162 Å². The lowest BCUT2D eigenvalue weighted by Crippen LogP contribution is -2.26. The van der Waals surface area contributed by atoms with E-state index in [9.17, 15) is 0 Å². The molecule has 0 saturated heterocycles. The van der Waals surface area contributed by atoms with Crippen LogP contribution >= 0.6 is 11.6 Å². The van der Waals surface area contributed by atoms with E-state index in [1.165, 1.54) is 55.5 Å². The SMILES string of the molecule is Cc1ccccc1-c1ccc(-c2ccc3cc4oc5c(c4cc3c2)-c2ccccc2C2c3ccccc3N(c3nc4c(ccc6ccccc64)nc3Cl)C52)cc1C. The molecule has 4 nitrogen and oxygen atoms in total. The summed E-state index contributed by atoms with van der Waals surface area (Å²) in [6.07, 6.45) is 0. The van der Waals surface area contributed by atoms with Gasteiger partial charge in [-0.05, 0) is 110 Å². The highest BCUT2D eigenvalue weighted by Gasteiger charge is 2.49. The Morgan fingerprint density at radius 1 is 0.561 bits per heavy atom. The Balaban J connectivity index is 1.05. The summed E-state index contributed by atoms with van der Waals surface area (Å²) in [6.45, 7) is 4.39. The molecule has 0 fully saturated rings. The van der Waals surface area contributed by atoms with Crippen molar-refractivity contribution in [3.05, 3.63) is 191 Å². The number of halogens is 1. The third-order valence-electron chi connectivity index (χ3n) is 12.4. The van der Waals surface area contributed by atoms with Gasteiger partial charge in [-0.1, -0.05) is 139 Å². The van der Waals surface area contributed by atoms with Crippen molar-refractivity contribution < 1.29 is 4.42 Å². The Kier molecular flexibility index (Phi) is 6.91. The quantitative estimate of drug-likeness (QED) is 0.169. The summed E-state index contributed by atoms with van der Waals surface area (Å²) in [4.78, 5) is 12.6. The molecule has 0 spiro atoms. The first-order valence-corrected chi connectivity index (χ1v) is 19.9. The molecule has 2 aliphatic rings. The molecule has 8 aromatic carbocycles. The molecule has 0 amide bonds. The van der Waals surface area contributed by atoms with E-state index >= 15 is 0 Å². The Morgan fingerprint density at radius 3 is 2.16 bits per heavy atom. The molecular weight excluding hydrogens is 718 g/mol. The zero-order valence-corrected chi connectivity index (χ0v) is 32.0. The first-order chi connectivity index (χ1) is 28.0. The van der Waals surface area contributed by atoms with Crippen molar-refractivity contribution in [1.82, 2.24) is 9.97 Å². The van der Waals surface area contributed by atoms with Gasteiger partial charge in [-0.25, -0.2) is 9.97 Å². The minimum atomic E-state index is -0.229. The normalized spacial score (nSPS) is 15.6. The van der Waals surface area contributed by atoms with E-state index in [4.69, 9.17) is 26.0 Å². The van der Waals surface area contributed by atoms with Gasteiger partial charge < -0.3 is 9.32 Å². The number of aromatic nitrogens is 2. The molecule has 0 saturated carbocycles. The zero-order valence-electron chi connectivity index (χ0n) is 31.3. The maximum atomic E-state index is 7.18. The fourth-order valence-electron chi connectivity index (χ4n) is 9.74. The minimum Gasteiger partial charge on any atom is -0.458 e. The lowest BCUT2D eigenvalue weighted by atomic mass is 9.76. The zero-order chi connectivity index (χ0) is 37.9. The molecule has 270 valence electrons. The molecule has 2 unspecified atom stereocenters. The molecule has 0 N–H and O–H groups in total. The van der Waals surface area contributed by atoms with Gasteiger partial charge in [0.25, 0.3) is 0 Å². The number of nitrogens with zero attached hydrogens (tertiary/aromatic N) is 3. The third-order valence-corrected chi connectivity index (χ3v) is 12.6. The Bertz CT molecular complexity index is 3330. The predicted octanol–water partition coefficient (Wildman–Crippen LogP) is 14.3. The number of aryl methyl sites for hydroxylation is 2. The summed E-state index contributed by atoms with van der Waals surface area (Å²) in [7, 11) is 0. The summed E-state index contributed by atoms with van der Waals surface area (Å²) in [6, 6.07) is 56.3. The van der Waals surface area contributed by atoms with Crippen molar-refractivity contribution in [2.24, 2.45) is 0 Å². The van der Waals surface area contributed by atoms with Gasteiger partial charge in [0.05, 0.1) is 11.0 Å². The topological polar surface area (TPSA) is 42.2 Å². The van der Waals surface area contributed by atoms with Gasteiger partial charge >= 0.3 is 0 Å². The van der Waals surface area contributed by atoms with Gasteiger partial charge in [-0.2, -0.15) is 0 Å². The largest absolute Gasteiger partial charge is 0.458 e. The van der Waals surface area contributed by atoms with Gasteiger partial charge in [0.1, 0.15) is 17.4 Å². The van der Waals surface area contributed by atoms with E-state index in [0.717, 1.165) is 55.2 Å². The number of rotatable bonds is 3. The van der Waals surface area contributed by atoms with Crippen molar-refractivity contribution in [3.63, 3.8) is 0 Å². The van der Waals surface area contributed by atoms with Gasteiger partial charge in [-0.15, -0.1) is 0 Å². The number of hydrogen-bond donors (Lipinski definition) is 0. The van der Waals surface area contributed by atoms with E-state index in [1.54, 1.807) is 0 Å². The van der Waals surface area contributed by atoms with Crippen molar-refractivity contribution in [2.45, 2.75) is 25.8 Å². The van der Waals surface area contributed by atoms with Crippen molar-refractivity contribution in [1.29, 1.82) is 0 Å². The standard InChI is InChI=1S/C52H34ClN3O/c1-29-11-3-5-13-36(29)37-23-21-32(25-30(37)2)33-19-20-34-28-45-42(27-35(34)26-33)47-40-16-8-7-15-39(40)46-41-17-9-10-18-44(41)56(49(46)50(47)57-45)52-51(53)54-43-24-22-31-12-4-6-14-38(31)48(43)55-52/h3-28,46,49H,1-2H3. The number of fused-ring (bicyclic) bond motifs is 14. The molecule has 5 heteroatoms. The monoisotopic (exact) mass is 751 g/mol. The summed E-state index contributed by atoms with van der Waals surface area (Å²) < 4.78 is 7.11. The fraction of sp³-hybridized carbons (Fsp3) is 0.0769. The van der Waals surface area contributed by atoms with Crippen LogP contribution in [0.5, 0.6) is 0 Å². The summed E-state index contributed by atoms with van der Waals surface area (Å²) in [5, 5.41) is 5.94. The van der Waals surface area contributed by atoms with Gasteiger partial charge in [0.2, 0.25) is 0 Å². The van der Waals surface area contributed by atoms with Gasteiger partial charge in [-0.3, -0.25) is 0 Å². The number of para-hydroxylation sites is 1. The highest BCUT2D eigenvalue weighted by Crippen LogP contribution is 2.62. The molecule has 1 aliphatic carbocycles. The summed E-state index contributed by atoms with van der Waals surface area (Å²) >= 11 is 7.18. The molecule has 2 aromatic heterocycles. The van der Waals surface area contributed by atoms with Crippen LogP contribution in [0.25, 0.3) is 76.9 Å². The number of hydrogen-bond acceptors (Lipinski definition) is 4. The number of furan rings is 1. The molecule has 3 heterocycles. The van der Waals surface area contributed by atoms with Crippen molar-refractivity contribution in [3.8, 4) is 33.4 Å². The molecule has 1 aliphatic heterocycles. The van der Waals surface area contributed by atoms with E-state index in [2.05, 4.69) is 164 Å². The summed E-state index contributed by atoms with van der Waals surface area (Å²) in [5.41, 5.74) is 15.8. The Labute approximate surface area is 334 Å². The number of anilines is 2. The second kappa shape index (κ2) is 12.1. The van der Waals surface area contributed by atoms with E-state index in [0.29, 0.717) is 11.0 Å². The van der Waals surface area contributed by atoms with Crippen LogP contribution < -0.4 is 4.90 Å². The maximum Gasteiger partial charge on any atom is 0.172 e. The molecule has 10 aromatic rings. The second-order valence-corrected chi connectivity index (χ2v) is 15.9. The van der Waals surface area contributed by atoms with E-state index < -0.39 is 0 Å². The smallest absolute Gasteiger partial charge is 0.172 e. The fourth-order valence-corrected chi connectivity index (χ4v) is 9.97. The van der Waals surface area contributed by atoms with Crippen LogP contribution in [0.4, 0.5) is 11.5 Å². The van der Waals surface area contributed by atoms with Gasteiger partial charge in [0, 0.05) is 27.9 Å². The average Bonchev–Trinajstić information content (AvgIpc) is 3.79. The molecule has 0 radical (unpaired) electrons. The number of benzene rings is 8. The predicted molar refractivity (Wildman–Crippen MR) is 235 cm³/mol. The van der Waals surface area contributed by atoms with E-state index in [-0.39, 0.29) is 12.0 Å². The van der Waals surface area contributed by atoms with Gasteiger partial charge in [0.15, 0.2) is 11.0 Å². The van der Waals surface area contributed by atoms with Crippen LogP contribution in [0.1, 0.15) is 40.0 Å². The maximum absolute atomic E-state index is 7.18. The van der Waals surface area contributed by atoms with E-state index in [1.807, 2.05) is 12.1 Å². The molecule has 2 atom stereocenters. The highest BCUT2D eigenvalue weighted by molar-refractivity contribution is 6.32. The van der Waals surface area contributed by atoms with Crippen LogP contribution in [0, 0.1) is 13.8 Å². The van der Waals surface area contributed by atoms with Crippen LogP contribution in [0.2, 0.25) is 5.15 Å². The molecule has 57 heavy (non-hydrogen) atoms. The molecule has 0 bridgehead atoms. The Morgan fingerprint density at radius 2 is 1.28 bits per heavy atom. The molecular formula is C52H34ClN3O. The first-order valence-electron chi connectivity index (χ1n) is 19.5. The first kappa shape index (κ1) is 32.5. The van der Waals surface area contributed by atoms with Crippen LogP contribution in [-0.2, 0) is 0 Å². The highest BCUT2D eigenvalue weighted by atomic mass is 35.5.